The first kappa shape index (κ1) is 25.9. The number of aliphatic imine (C=N–C) groups is 1. The van der Waals surface area contributed by atoms with Crippen LogP contribution in [0.25, 0.3) is 11.4 Å². The first-order valence-electron chi connectivity index (χ1n) is 11.6. The molecule has 1 aromatic heterocycles. The molecule has 11 heteroatoms. The molecule has 186 valence electrons. The van der Waals surface area contributed by atoms with Crippen LogP contribution < -0.4 is 11.2 Å². The minimum atomic E-state index is -0.642. The van der Waals surface area contributed by atoms with E-state index in [0.29, 0.717) is 30.9 Å². The van der Waals surface area contributed by atoms with Crippen LogP contribution in [0.15, 0.2) is 47.0 Å². The fourth-order valence-electron chi connectivity index (χ4n) is 3.97. The van der Waals surface area contributed by atoms with Gasteiger partial charge in [-0.15, -0.1) is 0 Å². The summed E-state index contributed by atoms with van der Waals surface area (Å²) in [6.45, 7) is 5.70. The maximum Gasteiger partial charge on any atom is 0.248 e. The van der Waals surface area contributed by atoms with Crippen LogP contribution in [0.1, 0.15) is 45.2 Å². The lowest BCUT2D eigenvalue weighted by molar-refractivity contribution is -0.140. The largest absolute Gasteiger partial charge is 0.394 e. The van der Waals surface area contributed by atoms with Crippen molar-refractivity contribution in [3.8, 4) is 11.4 Å². The van der Waals surface area contributed by atoms with E-state index in [1.807, 2.05) is 38.1 Å². The first-order chi connectivity index (χ1) is 16.8. The molecule has 1 fully saturated rings. The number of aliphatic hydroxyl groups is 1. The van der Waals surface area contributed by atoms with Crippen molar-refractivity contribution >= 4 is 23.7 Å². The van der Waals surface area contributed by atoms with Gasteiger partial charge in [0.25, 0.3) is 0 Å². The summed E-state index contributed by atoms with van der Waals surface area (Å²) in [6, 6.07) is 5.38. The zero-order valence-electron chi connectivity index (χ0n) is 20.2. The molecule has 3 rings (SSSR count). The summed E-state index contributed by atoms with van der Waals surface area (Å²) >= 11 is 0. The van der Waals surface area contributed by atoms with Crippen LogP contribution in [0.2, 0.25) is 0 Å². The highest BCUT2D eigenvalue weighted by molar-refractivity contribution is 6.29. The molecule has 0 saturated carbocycles. The Morgan fingerprint density at radius 2 is 1.94 bits per heavy atom. The van der Waals surface area contributed by atoms with E-state index in [0.717, 1.165) is 11.1 Å². The summed E-state index contributed by atoms with van der Waals surface area (Å²) < 4.78 is 0. The average molecular weight is 481 g/mol. The smallest absolute Gasteiger partial charge is 0.248 e. The highest BCUT2D eigenvalue weighted by Crippen LogP contribution is 2.24. The van der Waals surface area contributed by atoms with Crippen molar-refractivity contribution in [3.05, 3.63) is 42.5 Å². The van der Waals surface area contributed by atoms with Crippen molar-refractivity contribution in [3.63, 3.8) is 0 Å². The molecule has 2 heterocycles. The fourth-order valence-corrected chi connectivity index (χ4v) is 3.97. The van der Waals surface area contributed by atoms with E-state index in [-0.39, 0.29) is 24.3 Å². The lowest BCUT2D eigenvalue weighted by Gasteiger charge is -2.29. The number of carbonyl (C=O) groups excluding carboxylic acids is 2. The number of aliphatic hydroxyl groups excluding tert-OH is 1. The van der Waals surface area contributed by atoms with E-state index >= 15 is 0 Å². The van der Waals surface area contributed by atoms with Crippen molar-refractivity contribution in [2.45, 2.75) is 51.7 Å². The van der Waals surface area contributed by atoms with Crippen LogP contribution in [0, 0.1) is 5.92 Å². The van der Waals surface area contributed by atoms with Gasteiger partial charge in [-0.1, -0.05) is 38.1 Å². The van der Waals surface area contributed by atoms with Crippen LogP contribution in [-0.2, 0) is 9.59 Å². The number of rotatable bonds is 9. The average Bonchev–Trinajstić information content (AvgIpc) is 3.37. The van der Waals surface area contributed by atoms with Gasteiger partial charge >= 0.3 is 0 Å². The predicted molar refractivity (Wildman–Crippen MR) is 132 cm³/mol. The van der Waals surface area contributed by atoms with Gasteiger partial charge in [0.2, 0.25) is 11.8 Å². The zero-order valence-corrected chi connectivity index (χ0v) is 20.2. The van der Waals surface area contributed by atoms with Gasteiger partial charge in [0.15, 0.2) is 5.82 Å². The SMILES string of the molecule is CC(C=N[C@H](C(=O)N1CCC[C@H]1C(=O)N[C@@H](CO)c1ccc(-c2ncncn2)cc1)C(C)C)=NN. The number of nitrogens with one attached hydrogen (secondary N) is 1. The molecule has 3 atom stereocenters. The molecule has 35 heavy (non-hydrogen) atoms. The number of benzene rings is 1. The summed E-state index contributed by atoms with van der Waals surface area (Å²) in [5.41, 5.74) is 2.03. The third-order valence-corrected chi connectivity index (χ3v) is 5.91. The van der Waals surface area contributed by atoms with Gasteiger partial charge in [-0.05, 0) is 31.2 Å². The second kappa shape index (κ2) is 12.1. The predicted octanol–water partition coefficient (Wildman–Crippen LogP) is 1.11. The van der Waals surface area contributed by atoms with Crippen molar-refractivity contribution in [2.24, 2.45) is 21.9 Å². The highest BCUT2D eigenvalue weighted by Gasteiger charge is 2.38. The molecule has 1 aliphatic rings. The summed E-state index contributed by atoms with van der Waals surface area (Å²) in [4.78, 5) is 44.5. The minimum Gasteiger partial charge on any atom is -0.394 e. The number of likely N-dealkylation sites (tertiary alicyclic amines) is 1. The zero-order chi connectivity index (χ0) is 25.4. The summed E-state index contributed by atoms with van der Waals surface area (Å²) in [5.74, 6) is 5.21. The molecule has 0 spiro atoms. The minimum absolute atomic E-state index is 0.0679. The molecule has 1 aromatic carbocycles. The number of nitrogens with zero attached hydrogens (tertiary/aromatic N) is 6. The summed E-state index contributed by atoms with van der Waals surface area (Å²) in [7, 11) is 0. The number of hydrogen-bond donors (Lipinski definition) is 3. The molecule has 11 nitrogen and oxygen atoms in total. The van der Waals surface area contributed by atoms with E-state index < -0.39 is 18.1 Å². The second-order valence-electron chi connectivity index (χ2n) is 8.75. The number of hydrogen-bond acceptors (Lipinski definition) is 9. The second-order valence-corrected chi connectivity index (χ2v) is 8.75. The fraction of sp³-hybridized carbons (Fsp3) is 0.458. The van der Waals surface area contributed by atoms with Crippen molar-refractivity contribution in [2.75, 3.05) is 13.2 Å². The van der Waals surface area contributed by atoms with E-state index in [1.165, 1.54) is 18.9 Å². The molecule has 0 radical (unpaired) electrons. The maximum atomic E-state index is 13.3. The molecule has 1 saturated heterocycles. The Morgan fingerprint density at radius 3 is 2.54 bits per heavy atom. The quantitative estimate of drug-likeness (QED) is 0.275. The van der Waals surface area contributed by atoms with E-state index in [2.05, 4.69) is 30.4 Å². The maximum absolute atomic E-state index is 13.3. The molecular weight excluding hydrogens is 448 g/mol. The van der Waals surface area contributed by atoms with Crippen LogP contribution in [0.4, 0.5) is 0 Å². The standard InChI is InChI=1S/C24H32N8O3/c1-15(2)21(27-11-16(3)31-25)24(35)32-10-4-5-20(32)23(34)30-19(12-33)17-6-8-18(9-7-17)22-28-13-26-14-29-22/h6-9,11,13-15,19-21,33H,4-5,10,12,25H2,1-3H3,(H,30,34)/t19-,20-,21-/m0/s1. The van der Waals surface area contributed by atoms with Gasteiger partial charge in [-0.2, -0.15) is 5.10 Å². The Labute approximate surface area is 204 Å². The molecule has 0 unspecified atom stereocenters. The number of nitrogens with two attached hydrogens (primary N) is 1. The van der Waals surface area contributed by atoms with Gasteiger partial charge in [0.1, 0.15) is 24.7 Å². The molecule has 0 aliphatic carbocycles. The van der Waals surface area contributed by atoms with Crippen molar-refractivity contribution in [1.82, 2.24) is 25.2 Å². The van der Waals surface area contributed by atoms with Crippen LogP contribution in [0.3, 0.4) is 0 Å². The number of hydrazone groups is 1. The molecule has 2 amide bonds. The number of aromatic nitrogens is 3. The number of amides is 2. The van der Waals surface area contributed by atoms with Crippen LogP contribution in [-0.4, -0.2) is 73.9 Å². The normalized spacial score (nSPS) is 18.1. The first-order valence-corrected chi connectivity index (χ1v) is 11.6. The topological polar surface area (TPSA) is 159 Å². The van der Waals surface area contributed by atoms with Gasteiger partial charge in [-0.3, -0.25) is 14.6 Å². The van der Waals surface area contributed by atoms with E-state index in [4.69, 9.17) is 5.84 Å². The molecule has 2 aromatic rings. The van der Waals surface area contributed by atoms with Crippen LogP contribution in [0.5, 0.6) is 0 Å². The molecule has 0 bridgehead atoms. The monoisotopic (exact) mass is 480 g/mol. The molecular formula is C24H32N8O3. The lowest BCUT2D eigenvalue weighted by Crippen LogP contribution is -2.50. The lowest BCUT2D eigenvalue weighted by atomic mass is 10.0. The summed E-state index contributed by atoms with van der Waals surface area (Å²) in [5, 5.41) is 16.4. The molecule has 4 N–H and O–H groups in total. The van der Waals surface area contributed by atoms with Gasteiger partial charge in [0.05, 0.1) is 18.4 Å². The van der Waals surface area contributed by atoms with Crippen molar-refractivity contribution < 1.29 is 14.7 Å². The Kier molecular flexibility index (Phi) is 8.96. The van der Waals surface area contributed by atoms with Gasteiger partial charge in [-0.25, -0.2) is 15.0 Å². The van der Waals surface area contributed by atoms with Gasteiger partial charge < -0.3 is 21.2 Å². The Morgan fingerprint density at radius 1 is 1.26 bits per heavy atom. The Balaban J connectivity index is 1.71. The third kappa shape index (κ3) is 6.44. The summed E-state index contributed by atoms with van der Waals surface area (Å²) in [6.07, 6.45) is 5.58. The Hall–Kier alpha value is -3.73. The van der Waals surface area contributed by atoms with E-state index in [9.17, 15) is 14.7 Å². The van der Waals surface area contributed by atoms with Gasteiger partial charge in [0, 0.05) is 18.3 Å². The van der Waals surface area contributed by atoms with Crippen molar-refractivity contribution in [1.29, 1.82) is 0 Å². The van der Waals surface area contributed by atoms with Crippen LogP contribution >= 0.6 is 0 Å². The highest BCUT2D eigenvalue weighted by atomic mass is 16.3. The number of carbonyl (C=O) groups is 2. The van der Waals surface area contributed by atoms with E-state index in [1.54, 1.807) is 11.8 Å². The third-order valence-electron chi connectivity index (χ3n) is 5.91. The molecule has 1 aliphatic heterocycles. The Bertz CT molecular complexity index is 1060.